The Morgan fingerprint density at radius 2 is 1.94 bits per heavy atom. The fraction of sp³-hybridized carbons (Fsp3) is 0.524. The van der Waals surface area contributed by atoms with E-state index in [-0.39, 0.29) is 42.1 Å². The van der Waals surface area contributed by atoms with E-state index in [1.54, 1.807) is 23.3 Å². The zero-order valence-electron chi connectivity index (χ0n) is 19.1. The van der Waals surface area contributed by atoms with Gasteiger partial charge in [-0.15, -0.1) is 11.3 Å². The Bertz CT molecular complexity index is 1070. The Morgan fingerprint density at radius 3 is 2.53 bits per heavy atom. The minimum absolute atomic E-state index is 0.0178. The predicted octanol–water partition coefficient (Wildman–Crippen LogP) is 2.11. The van der Waals surface area contributed by atoms with Crippen LogP contribution in [0.1, 0.15) is 45.0 Å². The average Bonchev–Trinajstić information content (AvgIpc) is 3.12. The lowest BCUT2D eigenvalue weighted by Crippen LogP contribution is -2.43. The highest BCUT2D eigenvalue weighted by Crippen LogP contribution is 2.25. The van der Waals surface area contributed by atoms with Crippen molar-refractivity contribution < 1.29 is 14.3 Å². The highest BCUT2D eigenvalue weighted by molar-refractivity contribution is 7.14. The van der Waals surface area contributed by atoms with Gasteiger partial charge < -0.3 is 20.7 Å². The van der Waals surface area contributed by atoms with Crippen LogP contribution in [0.3, 0.4) is 0 Å². The molecule has 4 N–H and O–H groups in total. The van der Waals surface area contributed by atoms with E-state index in [1.807, 2.05) is 27.7 Å². The van der Waals surface area contributed by atoms with Gasteiger partial charge in [0, 0.05) is 13.1 Å². The van der Waals surface area contributed by atoms with Gasteiger partial charge in [-0.1, -0.05) is 27.7 Å². The van der Waals surface area contributed by atoms with Crippen LogP contribution in [0.2, 0.25) is 0 Å². The molecule has 0 saturated heterocycles. The van der Waals surface area contributed by atoms with Crippen LogP contribution in [0.4, 0.5) is 16.5 Å². The normalized spacial score (nSPS) is 11.1. The Balaban J connectivity index is 2.36. The molecule has 1 amide bonds. The number of amides is 1. The van der Waals surface area contributed by atoms with Crippen molar-refractivity contribution in [1.82, 2.24) is 9.55 Å². The maximum atomic E-state index is 12.8. The number of H-pyrrole nitrogens is 1. The molecule has 0 radical (unpaired) electrons. The van der Waals surface area contributed by atoms with E-state index in [1.165, 1.54) is 15.9 Å². The third-order valence-electron chi connectivity index (χ3n) is 4.41. The topological polar surface area (TPSA) is 140 Å². The zero-order chi connectivity index (χ0) is 24.0. The maximum Gasteiger partial charge on any atom is 0.341 e. The first kappa shape index (κ1) is 25.2. The van der Waals surface area contributed by atoms with Crippen molar-refractivity contribution in [2.45, 2.75) is 41.2 Å². The predicted molar refractivity (Wildman–Crippen MR) is 127 cm³/mol. The van der Waals surface area contributed by atoms with Gasteiger partial charge >= 0.3 is 11.7 Å². The number of nitrogens with zero attached hydrogens (tertiary/aromatic N) is 2. The van der Waals surface area contributed by atoms with Crippen LogP contribution >= 0.6 is 11.3 Å². The smallest absolute Gasteiger partial charge is 0.341 e. The maximum absolute atomic E-state index is 12.8. The molecule has 2 rings (SSSR count). The molecule has 0 fully saturated rings. The third kappa shape index (κ3) is 6.22. The summed E-state index contributed by atoms with van der Waals surface area (Å²) >= 11 is 1.20. The monoisotopic (exact) mass is 465 g/mol. The van der Waals surface area contributed by atoms with Crippen molar-refractivity contribution in [3.05, 3.63) is 37.8 Å². The van der Waals surface area contributed by atoms with E-state index < -0.39 is 23.1 Å². The highest BCUT2D eigenvalue weighted by atomic mass is 32.1. The summed E-state index contributed by atoms with van der Waals surface area (Å²) in [5.74, 6) is -0.715. The molecule has 0 saturated carbocycles. The Morgan fingerprint density at radius 1 is 1.25 bits per heavy atom. The second kappa shape index (κ2) is 11.0. The Hall–Kier alpha value is -3.08. The fourth-order valence-corrected chi connectivity index (χ4v) is 4.01. The summed E-state index contributed by atoms with van der Waals surface area (Å²) in [4.78, 5) is 53.7. The molecule has 0 unspecified atom stereocenters. The third-order valence-corrected chi connectivity index (χ3v) is 5.24. The van der Waals surface area contributed by atoms with Gasteiger partial charge in [-0.05, 0) is 30.2 Å². The minimum atomic E-state index is -0.649. The first-order valence-electron chi connectivity index (χ1n) is 10.5. The Labute approximate surface area is 190 Å². The summed E-state index contributed by atoms with van der Waals surface area (Å²) in [6.07, 6.45) is 0. The number of anilines is 3. The number of nitrogen functional groups attached to an aromatic ring is 1. The van der Waals surface area contributed by atoms with Gasteiger partial charge in [0.15, 0.2) is 0 Å². The number of hydrogen-bond donors (Lipinski definition) is 3. The molecular formula is C21H31N5O5S. The van der Waals surface area contributed by atoms with Crippen LogP contribution < -0.4 is 27.2 Å². The molecule has 2 heterocycles. The van der Waals surface area contributed by atoms with E-state index in [0.29, 0.717) is 18.1 Å². The van der Waals surface area contributed by atoms with Gasteiger partial charge in [-0.3, -0.25) is 19.1 Å². The SMILES string of the molecule is CCOC(=O)c1ccsc1NC(=O)CN(CC(C)C)c1c(N)n(CC(C)C)c(=O)[nH]c1=O. The number of esters is 1. The molecule has 0 aromatic carbocycles. The largest absolute Gasteiger partial charge is 0.462 e. The molecule has 0 spiro atoms. The van der Waals surface area contributed by atoms with Crippen LogP contribution in [0.5, 0.6) is 0 Å². The average molecular weight is 466 g/mol. The van der Waals surface area contributed by atoms with Crippen molar-refractivity contribution in [1.29, 1.82) is 0 Å². The zero-order valence-corrected chi connectivity index (χ0v) is 19.9. The summed E-state index contributed by atoms with van der Waals surface area (Å²) in [5.41, 5.74) is 5.34. The number of ether oxygens (including phenoxy) is 1. The van der Waals surface area contributed by atoms with Gasteiger partial charge in [0.05, 0.1) is 18.7 Å². The molecule has 32 heavy (non-hydrogen) atoms. The summed E-state index contributed by atoms with van der Waals surface area (Å²) in [7, 11) is 0. The lowest BCUT2D eigenvalue weighted by molar-refractivity contribution is -0.115. The van der Waals surface area contributed by atoms with Crippen molar-refractivity contribution in [2.24, 2.45) is 11.8 Å². The van der Waals surface area contributed by atoms with E-state index in [4.69, 9.17) is 10.5 Å². The molecule has 0 bridgehead atoms. The number of aromatic amines is 1. The highest BCUT2D eigenvalue weighted by Gasteiger charge is 2.23. The number of carbonyl (C=O) groups is 2. The fourth-order valence-electron chi connectivity index (χ4n) is 3.22. The molecule has 2 aromatic heterocycles. The number of carbonyl (C=O) groups excluding carboxylic acids is 2. The molecule has 176 valence electrons. The summed E-state index contributed by atoms with van der Waals surface area (Å²) in [6.45, 7) is 10.2. The van der Waals surface area contributed by atoms with Crippen molar-refractivity contribution in [3.8, 4) is 0 Å². The standard InChI is InChI=1S/C21H31N5O5S/c1-6-31-20(29)14-7-8-32-19(14)23-15(27)11-25(9-12(2)3)16-17(22)26(10-13(4)5)21(30)24-18(16)28/h7-8,12-13H,6,9-11,22H2,1-5H3,(H,23,27)(H,24,28,30). The van der Waals surface area contributed by atoms with Crippen LogP contribution in [0.15, 0.2) is 21.0 Å². The molecule has 2 aromatic rings. The number of aromatic nitrogens is 2. The number of hydrogen-bond acceptors (Lipinski definition) is 8. The minimum Gasteiger partial charge on any atom is -0.462 e. The summed E-state index contributed by atoms with van der Waals surface area (Å²) in [6, 6.07) is 1.58. The number of nitrogens with two attached hydrogens (primary N) is 1. The molecule has 0 aliphatic heterocycles. The summed E-state index contributed by atoms with van der Waals surface area (Å²) in [5, 5.41) is 4.76. The van der Waals surface area contributed by atoms with Crippen LogP contribution in [-0.4, -0.2) is 41.1 Å². The van der Waals surface area contributed by atoms with Crippen LogP contribution in [0, 0.1) is 11.8 Å². The lowest BCUT2D eigenvalue weighted by Gasteiger charge is -2.27. The number of rotatable bonds is 10. The lowest BCUT2D eigenvalue weighted by atomic mass is 10.2. The van der Waals surface area contributed by atoms with E-state index >= 15 is 0 Å². The first-order valence-corrected chi connectivity index (χ1v) is 11.3. The molecule has 0 atom stereocenters. The Kier molecular flexibility index (Phi) is 8.64. The first-order chi connectivity index (χ1) is 15.0. The second-order valence-corrected chi connectivity index (χ2v) is 9.12. The quantitative estimate of drug-likeness (QED) is 0.457. The number of nitrogens with one attached hydrogen (secondary N) is 2. The van der Waals surface area contributed by atoms with E-state index in [2.05, 4.69) is 10.3 Å². The van der Waals surface area contributed by atoms with Gasteiger partial charge in [0.1, 0.15) is 16.5 Å². The summed E-state index contributed by atoms with van der Waals surface area (Å²) < 4.78 is 6.32. The van der Waals surface area contributed by atoms with Gasteiger partial charge in [-0.25, -0.2) is 9.59 Å². The van der Waals surface area contributed by atoms with Crippen molar-refractivity contribution in [3.63, 3.8) is 0 Å². The molecule has 0 aliphatic rings. The molecule has 11 heteroatoms. The van der Waals surface area contributed by atoms with E-state index in [0.717, 1.165) is 0 Å². The van der Waals surface area contributed by atoms with Gasteiger partial charge in [-0.2, -0.15) is 0 Å². The number of thiophene rings is 1. The van der Waals surface area contributed by atoms with Crippen molar-refractivity contribution >= 4 is 39.7 Å². The molecule has 0 aliphatic carbocycles. The van der Waals surface area contributed by atoms with Crippen LogP contribution in [-0.2, 0) is 16.1 Å². The second-order valence-electron chi connectivity index (χ2n) is 8.20. The molecule has 10 nitrogen and oxygen atoms in total. The van der Waals surface area contributed by atoms with Gasteiger partial charge in [0.25, 0.3) is 5.56 Å². The van der Waals surface area contributed by atoms with Crippen LogP contribution in [0.25, 0.3) is 0 Å². The van der Waals surface area contributed by atoms with Crippen molar-refractivity contribution in [2.75, 3.05) is 35.6 Å². The van der Waals surface area contributed by atoms with Gasteiger partial charge in [0.2, 0.25) is 5.91 Å². The van der Waals surface area contributed by atoms with E-state index in [9.17, 15) is 19.2 Å². The molecular weight excluding hydrogens is 434 g/mol.